The number of hydrogen-bond donors (Lipinski definition) is 0. The topological polar surface area (TPSA) is 29.5 Å². The van der Waals surface area contributed by atoms with Gasteiger partial charge in [-0.2, -0.15) is 11.8 Å². The summed E-state index contributed by atoms with van der Waals surface area (Å²) in [5.41, 5.74) is 2.00. The van der Waals surface area contributed by atoms with E-state index in [9.17, 15) is 4.79 Å². The minimum atomic E-state index is -0.245. The Morgan fingerprint density at radius 3 is 2.04 bits per heavy atom. The van der Waals surface area contributed by atoms with E-state index >= 15 is 0 Å². The van der Waals surface area contributed by atoms with Gasteiger partial charge in [-0.3, -0.25) is 4.79 Å². The van der Waals surface area contributed by atoms with Gasteiger partial charge >= 0.3 is 0 Å². The number of ether oxygens (including phenoxy) is 1. The summed E-state index contributed by atoms with van der Waals surface area (Å²) in [5.74, 6) is 1.65. The molecular formula is C22H23NO2S. The van der Waals surface area contributed by atoms with Gasteiger partial charge in [-0.05, 0) is 44.1 Å². The van der Waals surface area contributed by atoms with Gasteiger partial charge in [0.1, 0.15) is 11.5 Å². The zero-order valence-corrected chi connectivity index (χ0v) is 15.7. The SMILES string of the molecule is CSC1CC2CCC(C1)N2C(=O)C1c2ccccc2Oc2ccccc21. The van der Waals surface area contributed by atoms with E-state index in [0.717, 1.165) is 48.3 Å². The van der Waals surface area contributed by atoms with Crippen LogP contribution in [0.25, 0.3) is 0 Å². The van der Waals surface area contributed by atoms with Gasteiger partial charge in [-0.15, -0.1) is 0 Å². The van der Waals surface area contributed by atoms with Crippen LogP contribution in [0.4, 0.5) is 0 Å². The van der Waals surface area contributed by atoms with E-state index in [1.54, 1.807) is 0 Å². The van der Waals surface area contributed by atoms with Gasteiger partial charge < -0.3 is 9.64 Å². The Morgan fingerprint density at radius 1 is 0.962 bits per heavy atom. The number of piperidine rings is 1. The predicted molar refractivity (Wildman–Crippen MR) is 105 cm³/mol. The fourth-order valence-electron chi connectivity index (χ4n) is 5.00. The quantitative estimate of drug-likeness (QED) is 0.765. The number of para-hydroxylation sites is 2. The largest absolute Gasteiger partial charge is 0.457 e. The summed E-state index contributed by atoms with van der Waals surface area (Å²) >= 11 is 1.96. The lowest BCUT2D eigenvalue weighted by atomic mass is 9.85. The molecule has 3 nitrogen and oxygen atoms in total. The molecule has 0 saturated carbocycles. The highest BCUT2D eigenvalue weighted by Crippen LogP contribution is 2.47. The van der Waals surface area contributed by atoms with Crippen molar-refractivity contribution in [2.24, 2.45) is 0 Å². The van der Waals surface area contributed by atoms with Crippen molar-refractivity contribution in [1.82, 2.24) is 4.90 Å². The van der Waals surface area contributed by atoms with Crippen LogP contribution in [-0.4, -0.2) is 34.4 Å². The molecule has 134 valence electrons. The highest BCUT2D eigenvalue weighted by atomic mass is 32.2. The van der Waals surface area contributed by atoms with Gasteiger partial charge in [0.25, 0.3) is 0 Å². The van der Waals surface area contributed by atoms with Crippen LogP contribution in [0.1, 0.15) is 42.7 Å². The molecule has 4 heteroatoms. The van der Waals surface area contributed by atoms with Crippen LogP contribution >= 0.6 is 11.8 Å². The van der Waals surface area contributed by atoms with Crippen molar-refractivity contribution in [2.75, 3.05) is 6.26 Å². The van der Waals surface area contributed by atoms with Crippen molar-refractivity contribution in [2.45, 2.75) is 48.9 Å². The maximum absolute atomic E-state index is 13.8. The van der Waals surface area contributed by atoms with Gasteiger partial charge in [0.15, 0.2) is 0 Å². The third-order valence-electron chi connectivity index (χ3n) is 6.20. The summed E-state index contributed by atoms with van der Waals surface area (Å²) in [6.07, 6.45) is 6.78. The van der Waals surface area contributed by atoms with E-state index in [1.807, 2.05) is 60.3 Å². The van der Waals surface area contributed by atoms with Crippen LogP contribution in [0, 0.1) is 0 Å². The molecule has 2 aromatic carbocycles. The zero-order valence-electron chi connectivity index (χ0n) is 14.9. The van der Waals surface area contributed by atoms with Crippen molar-refractivity contribution < 1.29 is 9.53 Å². The second kappa shape index (κ2) is 6.34. The Bertz CT molecular complexity index is 792. The van der Waals surface area contributed by atoms with Crippen molar-refractivity contribution in [1.29, 1.82) is 0 Å². The fraction of sp³-hybridized carbons (Fsp3) is 0.409. The number of rotatable bonds is 2. The molecule has 1 amide bonds. The lowest BCUT2D eigenvalue weighted by molar-refractivity contribution is -0.136. The molecule has 0 aromatic heterocycles. The third-order valence-corrected chi connectivity index (χ3v) is 7.26. The minimum absolute atomic E-state index is 0.245. The molecule has 0 radical (unpaired) electrons. The Balaban J connectivity index is 1.55. The van der Waals surface area contributed by atoms with E-state index in [1.165, 1.54) is 0 Å². The minimum Gasteiger partial charge on any atom is -0.457 e. The Labute approximate surface area is 158 Å². The molecule has 2 saturated heterocycles. The average Bonchev–Trinajstić information content (AvgIpc) is 2.95. The standard InChI is InChI=1S/C22H23NO2S/c1-26-16-12-14-10-11-15(13-16)23(14)22(24)21-17-6-2-4-8-19(17)25-20-9-5-3-7-18(20)21/h2-9,14-16,21H,10-13H2,1H3. The van der Waals surface area contributed by atoms with Gasteiger partial charge in [0.05, 0.1) is 5.92 Å². The zero-order chi connectivity index (χ0) is 17.7. The van der Waals surface area contributed by atoms with Crippen molar-refractivity contribution >= 4 is 17.7 Å². The molecule has 2 unspecified atom stereocenters. The first-order chi connectivity index (χ1) is 12.8. The third kappa shape index (κ3) is 2.46. The summed E-state index contributed by atoms with van der Waals surface area (Å²) in [5, 5.41) is 0.700. The van der Waals surface area contributed by atoms with Crippen LogP contribution in [0.5, 0.6) is 11.5 Å². The smallest absolute Gasteiger partial charge is 0.235 e. The lowest BCUT2D eigenvalue weighted by Gasteiger charge is -2.41. The van der Waals surface area contributed by atoms with Crippen LogP contribution < -0.4 is 4.74 Å². The molecule has 26 heavy (non-hydrogen) atoms. The molecule has 0 N–H and O–H groups in total. The second-order valence-corrected chi connectivity index (χ2v) is 8.71. The number of benzene rings is 2. The second-order valence-electron chi connectivity index (χ2n) is 7.57. The first-order valence-corrected chi connectivity index (χ1v) is 10.8. The van der Waals surface area contributed by atoms with Crippen LogP contribution in [0.2, 0.25) is 0 Å². The lowest BCUT2D eigenvalue weighted by Crippen LogP contribution is -2.49. The molecule has 2 atom stereocenters. The van der Waals surface area contributed by atoms with E-state index in [4.69, 9.17) is 4.74 Å². The molecule has 2 bridgehead atoms. The molecule has 0 aliphatic carbocycles. The van der Waals surface area contributed by atoms with Crippen LogP contribution in [-0.2, 0) is 4.79 Å². The highest BCUT2D eigenvalue weighted by Gasteiger charge is 2.46. The average molecular weight is 365 g/mol. The maximum atomic E-state index is 13.8. The Morgan fingerprint density at radius 2 is 1.50 bits per heavy atom. The van der Waals surface area contributed by atoms with Crippen LogP contribution in [0.3, 0.4) is 0 Å². The van der Waals surface area contributed by atoms with E-state index in [0.29, 0.717) is 17.3 Å². The monoisotopic (exact) mass is 365 g/mol. The summed E-state index contributed by atoms with van der Waals surface area (Å²) in [6, 6.07) is 16.8. The molecule has 2 aromatic rings. The molecule has 5 rings (SSSR count). The Kier molecular flexibility index (Phi) is 3.96. The fourth-order valence-corrected chi connectivity index (χ4v) is 5.83. The van der Waals surface area contributed by atoms with E-state index < -0.39 is 0 Å². The number of thioether (sulfide) groups is 1. The Hall–Kier alpha value is -1.94. The normalized spacial score (nSPS) is 26.8. The van der Waals surface area contributed by atoms with E-state index in [2.05, 4.69) is 11.2 Å². The summed E-state index contributed by atoms with van der Waals surface area (Å²) in [7, 11) is 0. The number of carbonyl (C=O) groups is 1. The molecule has 0 spiro atoms. The first kappa shape index (κ1) is 16.2. The number of fused-ring (bicyclic) bond motifs is 4. The first-order valence-electron chi connectivity index (χ1n) is 9.47. The number of amides is 1. The predicted octanol–water partition coefficient (Wildman–Crippen LogP) is 4.81. The molecule has 3 aliphatic rings. The van der Waals surface area contributed by atoms with Gasteiger partial charge in [-0.1, -0.05) is 36.4 Å². The molecule has 3 heterocycles. The molecular weight excluding hydrogens is 342 g/mol. The highest BCUT2D eigenvalue weighted by molar-refractivity contribution is 7.99. The van der Waals surface area contributed by atoms with Gasteiger partial charge in [0, 0.05) is 28.5 Å². The van der Waals surface area contributed by atoms with Crippen molar-refractivity contribution in [3.63, 3.8) is 0 Å². The van der Waals surface area contributed by atoms with E-state index in [-0.39, 0.29) is 11.8 Å². The number of hydrogen-bond acceptors (Lipinski definition) is 3. The van der Waals surface area contributed by atoms with Crippen molar-refractivity contribution in [3.8, 4) is 11.5 Å². The summed E-state index contributed by atoms with van der Waals surface area (Å²) in [6.45, 7) is 0. The molecule has 2 fully saturated rings. The molecule has 3 aliphatic heterocycles. The number of nitrogens with zero attached hydrogens (tertiary/aromatic N) is 1. The van der Waals surface area contributed by atoms with Gasteiger partial charge in [0.2, 0.25) is 5.91 Å². The number of carbonyl (C=O) groups excluding carboxylic acids is 1. The summed E-state index contributed by atoms with van der Waals surface area (Å²) in [4.78, 5) is 16.0. The maximum Gasteiger partial charge on any atom is 0.235 e. The van der Waals surface area contributed by atoms with Crippen LogP contribution in [0.15, 0.2) is 48.5 Å². The summed E-state index contributed by atoms with van der Waals surface area (Å²) < 4.78 is 6.07. The van der Waals surface area contributed by atoms with Gasteiger partial charge in [-0.25, -0.2) is 0 Å². The van der Waals surface area contributed by atoms with Crippen molar-refractivity contribution in [3.05, 3.63) is 59.7 Å².